The van der Waals surface area contributed by atoms with Gasteiger partial charge in [-0.3, -0.25) is 0 Å². The zero-order valence-electron chi connectivity index (χ0n) is 27.4. The third-order valence-electron chi connectivity index (χ3n) is 9.19. The molecule has 6 rings (SSSR count). The zero-order valence-corrected chi connectivity index (χ0v) is 27.4. The highest BCUT2D eigenvalue weighted by Crippen LogP contribution is 2.54. The number of phenolic OH excluding ortho intramolecular Hbond substituents is 2. The van der Waals surface area contributed by atoms with E-state index in [1.54, 1.807) is 0 Å². The largest absolute Gasteiger partial charge is 0.507 e. The molecule has 0 aliphatic rings. The second kappa shape index (κ2) is 13.4. The number of aromatic hydroxyl groups is 2. The highest BCUT2D eigenvalue weighted by Gasteiger charge is 2.43. The van der Waals surface area contributed by atoms with Crippen LogP contribution in [-0.2, 0) is 5.41 Å². The molecule has 0 aliphatic heterocycles. The van der Waals surface area contributed by atoms with E-state index in [2.05, 4.69) is 74.5 Å². The van der Waals surface area contributed by atoms with Crippen molar-refractivity contribution in [2.75, 3.05) is 0 Å². The van der Waals surface area contributed by atoms with E-state index < -0.39 is 5.41 Å². The van der Waals surface area contributed by atoms with E-state index in [4.69, 9.17) is 0 Å². The Morgan fingerprint density at radius 2 is 0.787 bits per heavy atom. The molecular formula is C45H40O2. The van der Waals surface area contributed by atoms with E-state index in [-0.39, 0.29) is 11.5 Å². The third kappa shape index (κ3) is 5.47. The SMILES string of the molecule is CC=Cc1c(-c2ccccc2C)ccc(C(c2ccccc2)(c2ccccc2)c2ccc(-c3ccccc3C)c(C=CC)c2O)c1O. The van der Waals surface area contributed by atoms with E-state index >= 15 is 0 Å². The lowest BCUT2D eigenvalue weighted by Crippen LogP contribution is -2.31. The first kappa shape index (κ1) is 31.4. The van der Waals surface area contributed by atoms with Crippen molar-refractivity contribution in [2.45, 2.75) is 33.1 Å². The standard InChI is InChI=1S/C45H40O2/c1-5-17-39-37(35-25-15-13-19-31(35)3)27-29-41(43(39)46)45(33-21-9-7-10-22-33,34-23-11-8-12-24-34)42-30-28-38(40(18-6-2)44(42)47)36-26-16-14-20-32(36)4/h5-30,46-47H,1-4H3. The number of phenols is 2. The van der Waals surface area contributed by atoms with Crippen LogP contribution in [0.25, 0.3) is 34.4 Å². The molecule has 2 N–H and O–H groups in total. The second-order valence-electron chi connectivity index (χ2n) is 12.0. The number of benzene rings is 6. The molecule has 0 radical (unpaired) electrons. The Kier molecular flexibility index (Phi) is 8.95. The fourth-order valence-electron chi connectivity index (χ4n) is 7.02. The molecule has 6 aromatic rings. The molecular weight excluding hydrogens is 572 g/mol. The van der Waals surface area contributed by atoms with Crippen molar-refractivity contribution in [3.63, 3.8) is 0 Å². The summed E-state index contributed by atoms with van der Waals surface area (Å²) >= 11 is 0. The van der Waals surface area contributed by atoms with Crippen LogP contribution in [0.1, 0.15) is 58.4 Å². The molecule has 2 heteroatoms. The summed E-state index contributed by atoms with van der Waals surface area (Å²) in [6.45, 7) is 8.12. The molecule has 0 saturated carbocycles. The maximum Gasteiger partial charge on any atom is 0.128 e. The van der Waals surface area contributed by atoms with Crippen molar-refractivity contribution >= 4 is 12.2 Å². The van der Waals surface area contributed by atoms with Gasteiger partial charge in [0, 0.05) is 22.3 Å². The maximum atomic E-state index is 12.6. The van der Waals surface area contributed by atoms with Crippen LogP contribution < -0.4 is 0 Å². The summed E-state index contributed by atoms with van der Waals surface area (Å²) in [5, 5.41) is 25.1. The van der Waals surface area contributed by atoms with Gasteiger partial charge in [-0.25, -0.2) is 0 Å². The highest BCUT2D eigenvalue weighted by molar-refractivity contribution is 5.86. The van der Waals surface area contributed by atoms with Gasteiger partial charge in [-0.05, 0) is 72.2 Å². The van der Waals surface area contributed by atoms with Crippen LogP contribution in [0.4, 0.5) is 0 Å². The van der Waals surface area contributed by atoms with Gasteiger partial charge >= 0.3 is 0 Å². The Bertz CT molecular complexity index is 1930. The van der Waals surface area contributed by atoms with Crippen molar-refractivity contribution in [3.8, 4) is 33.8 Å². The Morgan fingerprint density at radius 1 is 0.426 bits per heavy atom. The summed E-state index contributed by atoms with van der Waals surface area (Å²) in [6.07, 6.45) is 7.89. The highest BCUT2D eigenvalue weighted by atomic mass is 16.3. The Labute approximate surface area is 278 Å². The van der Waals surface area contributed by atoms with Crippen LogP contribution in [-0.4, -0.2) is 10.2 Å². The summed E-state index contributed by atoms with van der Waals surface area (Å²) in [7, 11) is 0. The second-order valence-corrected chi connectivity index (χ2v) is 12.0. The van der Waals surface area contributed by atoms with Gasteiger partial charge in [0.2, 0.25) is 0 Å². The molecule has 0 saturated heterocycles. The van der Waals surface area contributed by atoms with Crippen LogP contribution in [0.3, 0.4) is 0 Å². The maximum absolute atomic E-state index is 12.6. The lowest BCUT2D eigenvalue weighted by atomic mass is 9.63. The molecule has 0 bridgehead atoms. The molecule has 232 valence electrons. The summed E-state index contributed by atoms with van der Waals surface area (Å²) in [4.78, 5) is 0. The van der Waals surface area contributed by atoms with Gasteiger partial charge < -0.3 is 10.2 Å². The van der Waals surface area contributed by atoms with Gasteiger partial charge in [0.25, 0.3) is 0 Å². The predicted octanol–water partition coefficient (Wildman–Crippen LogP) is 11.5. The van der Waals surface area contributed by atoms with Gasteiger partial charge in [-0.2, -0.15) is 0 Å². The van der Waals surface area contributed by atoms with Crippen molar-refractivity contribution < 1.29 is 10.2 Å². The third-order valence-corrected chi connectivity index (χ3v) is 9.19. The normalized spacial score (nSPS) is 11.8. The lowest BCUT2D eigenvalue weighted by molar-refractivity contribution is 0.446. The number of hydrogen-bond acceptors (Lipinski definition) is 2. The van der Waals surface area contributed by atoms with Gasteiger partial charge in [-0.15, -0.1) is 0 Å². The summed E-state index contributed by atoms with van der Waals surface area (Å²) < 4.78 is 0. The van der Waals surface area contributed by atoms with E-state index in [0.29, 0.717) is 11.1 Å². The van der Waals surface area contributed by atoms with Crippen LogP contribution in [0.5, 0.6) is 11.5 Å². The van der Waals surface area contributed by atoms with E-state index in [9.17, 15) is 10.2 Å². The molecule has 2 nitrogen and oxygen atoms in total. The minimum Gasteiger partial charge on any atom is -0.507 e. The molecule has 47 heavy (non-hydrogen) atoms. The molecule has 0 aromatic heterocycles. The first-order chi connectivity index (χ1) is 22.9. The topological polar surface area (TPSA) is 40.5 Å². The number of aryl methyl sites for hydroxylation is 2. The van der Waals surface area contributed by atoms with E-state index in [1.165, 1.54) is 0 Å². The number of rotatable bonds is 8. The number of allylic oxidation sites excluding steroid dienone is 2. The predicted molar refractivity (Wildman–Crippen MR) is 198 cm³/mol. The Morgan fingerprint density at radius 3 is 1.15 bits per heavy atom. The molecule has 0 aliphatic carbocycles. The summed E-state index contributed by atoms with van der Waals surface area (Å²) in [5.74, 6) is 0.345. The van der Waals surface area contributed by atoms with E-state index in [1.807, 2.05) is 111 Å². The van der Waals surface area contributed by atoms with Gasteiger partial charge in [0.15, 0.2) is 0 Å². The fourth-order valence-corrected chi connectivity index (χ4v) is 7.02. The minimum absolute atomic E-state index is 0.173. The smallest absolute Gasteiger partial charge is 0.128 e. The van der Waals surface area contributed by atoms with Crippen molar-refractivity contribution in [2.24, 2.45) is 0 Å². The summed E-state index contributed by atoms with van der Waals surface area (Å²) in [5.41, 5.74) is 9.92. The van der Waals surface area contributed by atoms with Crippen LogP contribution in [0.15, 0.2) is 146 Å². The lowest BCUT2D eigenvalue weighted by Gasteiger charge is -2.38. The van der Waals surface area contributed by atoms with Crippen LogP contribution in [0, 0.1) is 13.8 Å². The van der Waals surface area contributed by atoms with E-state index in [0.717, 1.165) is 55.6 Å². The Hall–Kier alpha value is -5.60. The monoisotopic (exact) mass is 612 g/mol. The molecule has 6 aromatic carbocycles. The molecule has 0 unspecified atom stereocenters. The minimum atomic E-state index is -1.07. The zero-order chi connectivity index (χ0) is 33.0. The molecule has 0 fully saturated rings. The van der Waals surface area contributed by atoms with Gasteiger partial charge in [-0.1, -0.05) is 158 Å². The fraction of sp³-hybridized carbons (Fsp3) is 0.111. The summed E-state index contributed by atoms with van der Waals surface area (Å²) in [6, 6.07) is 45.2. The van der Waals surface area contributed by atoms with Crippen molar-refractivity contribution in [1.82, 2.24) is 0 Å². The Balaban J connectivity index is 1.78. The quantitative estimate of drug-likeness (QED) is 0.168. The molecule has 0 amide bonds. The molecule has 0 atom stereocenters. The van der Waals surface area contributed by atoms with Crippen LogP contribution >= 0.6 is 0 Å². The van der Waals surface area contributed by atoms with Crippen molar-refractivity contribution in [3.05, 3.63) is 190 Å². The van der Waals surface area contributed by atoms with Gasteiger partial charge in [0.1, 0.15) is 11.5 Å². The van der Waals surface area contributed by atoms with Gasteiger partial charge in [0.05, 0.1) is 5.41 Å². The first-order valence-corrected chi connectivity index (χ1v) is 16.1. The molecule has 0 heterocycles. The molecule has 0 spiro atoms. The average molecular weight is 613 g/mol. The average Bonchev–Trinajstić information content (AvgIpc) is 3.10. The first-order valence-electron chi connectivity index (χ1n) is 16.1. The van der Waals surface area contributed by atoms with Crippen LogP contribution in [0.2, 0.25) is 0 Å². The van der Waals surface area contributed by atoms with Crippen molar-refractivity contribution in [1.29, 1.82) is 0 Å². The number of hydrogen-bond donors (Lipinski definition) is 2.